The first kappa shape index (κ1) is 18.5. The smallest absolute Gasteiger partial charge is 0.244 e. The van der Waals surface area contributed by atoms with Crippen molar-refractivity contribution in [2.24, 2.45) is 0 Å². The highest BCUT2D eigenvalue weighted by Gasteiger charge is 2.11. The average molecular weight is 344 g/mol. The number of carbonyl (C=O) groups excluding carboxylic acids is 2. The fourth-order valence-corrected chi connectivity index (χ4v) is 2.08. The Morgan fingerprint density at radius 1 is 1.28 bits per heavy atom. The first-order chi connectivity index (χ1) is 12.0. The molecule has 134 valence electrons. The van der Waals surface area contributed by atoms with Gasteiger partial charge in [0.1, 0.15) is 18.9 Å². The molecule has 0 saturated heterocycles. The summed E-state index contributed by atoms with van der Waals surface area (Å²) in [4.78, 5) is 25.1. The predicted molar refractivity (Wildman–Crippen MR) is 95.5 cm³/mol. The van der Waals surface area contributed by atoms with Crippen LogP contribution in [0.4, 0.5) is 5.69 Å². The molecule has 1 aromatic heterocycles. The van der Waals surface area contributed by atoms with Crippen molar-refractivity contribution in [1.29, 1.82) is 0 Å². The summed E-state index contributed by atoms with van der Waals surface area (Å²) >= 11 is 0. The summed E-state index contributed by atoms with van der Waals surface area (Å²) in [5.74, 6) is 0.620. The molecule has 0 fully saturated rings. The third-order valence-corrected chi connectivity index (χ3v) is 3.68. The van der Waals surface area contributed by atoms with Gasteiger partial charge in [0.15, 0.2) is 0 Å². The highest BCUT2D eigenvalue weighted by Crippen LogP contribution is 2.11. The molecule has 2 rings (SSSR count). The minimum atomic E-state index is -0.0868. The van der Waals surface area contributed by atoms with E-state index in [0.29, 0.717) is 25.3 Å². The van der Waals surface area contributed by atoms with Crippen molar-refractivity contribution in [2.75, 3.05) is 25.5 Å². The molecule has 1 aromatic carbocycles. The van der Waals surface area contributed by atoms with Gasteiger partial charge in [0, 0.05) is 19.7 Å². The summed E-state index contributed by atoms with van der Waals surface area (Å²) in [6, 6.07) is 7.79. The first-order valence-electron chi connectivity index (χ1n) is 8.23. The second-order valence-electron chi connectivity index (χ2n) is 5.81. The Balaban J connectivity index is 1.76. The molecule has 1 heterocycles. The van der Waals surface area contributed by atoms with Crippen LogP contribution in [0.5, 0.6) is 5.75 Å². The fraction of sp³-hybridized carbons (Fsp3) is 0.389. The molecule has 0 aliphatic rings. The standard InChI is InChI=1S/C18H24N4O3/c1-4-17(23)20-15-11-19-22(12-15)13-18(24)21(3)9-10-25-16-7-5-14(2)6-8-16/h5-8,11-12H,4,9-10,13H2,1-3H3,(H,20,23). The molecule has 0 bridgehead atoms. The molecule has 0 radical (unpaired) electrons. The van der Waals surface area contributed by atoms with Gasteiger partial charge in [0.05, 0.1) is 18.4 Å². The van der Waals surface area contributed by atoms with Crippen molar-refractivity contribution < 1.29 is 14.3 Å². The van der Waals surface area contributed by atoms with Crippen LogP contribution in [-0.2, 0) is 16.1 Å². The number of ether oxygens (including phenoxy) is 1. The summed E-state index contributed by atoms with van der Waals surface area (Å²) in [5, 5.41) is 6.79. The van der Waals surface area contributed by atoms with Gasteiger partial charge >= 0.3 is 0 Å². The minimum Gasteiger partial charge on any atom is -0.492 e. The largest absolute Gasteiger partial charge is 0.492 e. The molecular formula is C18H24N4O3. The lowest BCUT2D eigenvalue weighted by atomic mass is 10.2. The number of likely N-dealkylation sites (N-methyl/N-ethyl adjacent to an activating group) is 1. The summed E-state index contributed by atoms with van der Waals surface area (Å²) < 4.78 is 7.13. The predicted octanol–water partition coefficient (Wildman–Crippen LogP) is 2.08. The van der Waals surface area contributed by atoms with Gasteiger partial charge in [-0.15, -0.1) is 0 Å². The fourth-order valence-electron chi connectivity index (χ4n) is 2.08. The van der Waals surface area contributed by atoms with E-state index in [1.807, 2.05) is 31.2 Å². The van der Waals surface area contributed by atoms with Gasteiger partial charge in [-0.25, -0.2) is 0 Å². The summed E-state index contributed by atoms with van der Waals surface area (Å²) in [6.07, 6.45) is 3.57. The van der Waals surface area contributed by atoms with Crippen LogP contribution in [0, 0.1) is 6.92 Å². The van der Waals surface area contributed by atoms with Gasteiger partial charge in [-0.3, -0.25) is 14.3 Å². The molecule has 0 aliphatic heterocycles. The maximum absolute atomic E-state index is 12.2. The third kappa shape index (κ3) is 5.95. The Hall–Kier alpha value is -2.83. The van der Waals surface area contributed by atoms with E-state index in [4.69, 9.17) is 4.74 Å². The van der Waals surface area contributed by atoms with Gasteiger partial charge in [-0.1, -0.05) is 24.6 Å². The Kier molecular flexibility index (Phi) is 6.56. The first-order valence-corrected chi connectivity index (χ1v) is 8.23. The molecule has 0 saturated carbocycles. The second kappa shape index (κ2) is 8.86. The van der Waals surface area contributed by atoms with Crippen LogP contribution < -0.4 is 10.1 Å². The number of aromatic nitrogens is 2. The van der Waals surface area contributed by atoms with Crippen LogP contribution in [0.1, 0.15) is 18.9 Å². The number of carbonyl (C=O) groups is 2. The molecule has 0 spiro atoms. The normalized spacial score (nSPS) is 10.4. The molecular weight excluding hydrogens is 320 g/mol. The number of anilines is 1. The Labute approximate surface area is 147 Å². The number of nitrogens with zero attached hydrogens (tertiary/aromatic N) is 3. The number of rotatable bonds is 8. The van der Waals surface area contributed by atoms with E-state index in [2.05, 4.69) is 10.4 Å². The highest BCUT2D eigenvalue weighted by molar-refractivity contribution is 5.90. The molecule has 7 heteroatoms. The van der Waals surface area contributed by atoms with Gasteiger partial charge in [-0.2, -0.15) is 5.10 Å². The lowest BCUT2D eigenvalue weighted by molar-refractivity contribution is -0.131. The van der Waals surface area contributed by atoms with Crippen molar-refractivity contribution in [2.45, 2.75) is 26.8 Å². The van der Waals surface area contributed by atoms with E-state index < -0.39 is 0 Å². The van der Waals surface area contributed by atoms with Gasteiger partial charge in [-0.05, 0) is 19.1 Å². The van der Waals surface area contributed by atoms with Crippen molar-refractivity contribution in [3.63, 3.8) is 0 Å². The van der Waals surface area contributed by atoms with Crippen LogP contribution in [0.2, 0.25) is 0 Å². The summed E-state index contributed by atoms with van der Waals surface area (Å²) in [6.45, 7) is 4.81. The van der Waals surface area contributed by atoms with Gasteiger partial charge < -0.3 is 15.0 Å². The summed E-state index contributed by atoms with van der Waals surface area (Å²) in [7, 11) is 1.73. The van der Waals surface area contributed by atoms with Crippen LogP contribution >= 0.6 is 0 Å². The van der Waals surface area contributed by atoms with Crippen LogP contribution in [-0.4, -0.2) is 46.7 Å². The van der Waals surface area contributed by atoms with E-state index >= 15 is 0 Å². The van der Waals surface area contributed by atoms with E-state index in [0.717, 1.165) is 5.75 Å². The topological polar surface area (TPSA) is 76.5 Å². The number of aryl methyl sites for hydroxylation is 1. The average Bonchev–Trinajstić information content (AvgIpc) is 3.03. The molecule has 1 N–H and O–H groups in total. The quantitative estimate of drug-likeness (QED) is 0.795. The molecule has 7 nitrogen and oxygen atoms in total. The number of nitrogens with one attached hydrogen (secondary N) is 1. The molecule has 2 amide bonds. The van der Waals surface area contributed by atoms with Crippen molar-refractivity contribution >= 4 is 17.5 Å². The number of hydrogen-bond acceptors (Lipinski definition) is 4. The maximum Gasteiger partial charge on any atom is 0.244 e. The molecule has 2 aromatic rings. The third-order valence-electron chi connectivity index (χ3n) is 3.68. The second-order valence-corrected chi connectivity index (χ2v) is 5.81. The van der Waals surface area contributed by atoms with Gasteiger partial charge in [0.25, 0.3) is 0 Å². The van der Waals surface area contributed by atoms with Crippen LogP contribution in [0.25, 0.3) is 0 Å². The minimum absolute atomic E-state index is 0.0797. The van der Waals surface area contributed by atoms with Crippen LogP contribution in [0.15, 0.2) is 36.7 Å². The Morgan fingerprint density at radius 3 is 2.68 bits per heavy atom. The van der Waals surface area contributed by atoms with Crippen molar-refractivity contribution in [3.05, 3.63) is 42.2 Å². The number of benzene rings is 1. The number of hydrogen-bond donors (Lipinski definition) is 1. The monoisotopic (exact) mass is 344 g/mol. The van der Waals surface area contributed by atoms with E-state index in [9.17, 15) is 9.59 Å². The lowest BCUT2D eigenvalue weighted by Crippen LogP contribution is -2.33. The van der Waals surface area contributed by atoms with E-state index in [1.54, 1.807) is 25.1 Å². The van der Waals surface area contributed by atoms with Crippen LogP contribution in [0.3, 0.4) is 0 Å². The lowest BCUT2D eigenvalue weighted by Gasteiger charge is -2.17. The summed E-state index contributed by atoms with van der Waals surface area (Å²) in [5.41, 5.74) is 1.76. The zero-order valence-corrected chi connectivity index (χ0v) is 14.9. The van der Waals surface area contributed by atoms with Crippen molar-refractivity contribution in [3.8, 4) is 5.75 Å². The SMILES string of the molecule is CCC(=O)Nc1cnn(CC(=O)N(C)CCOc2ccc(C)cc2)c1. The molecule has 0 atom stereocenters. The Bertz CT molecular complexity index is 709. The zero-order valence-electron chi connectivity index (χ0n) is 14.9. The number of amides is 2. The molecule has 0 unspecified atom stereocenters. The van der Waals surface area contributed by atoms with E-state index in [1.165, 1.54) is 16.4 Å². The maximum atomic E-state index is 12.2. The molecule has 25 heavy (non-hydrogen) atoms. The molecule has 0 aliphatic carbocycles. The van der Waals surface area contributed by atoms with E-state index in [-0.39, 0.29) is 18.4 Å². The van der Waals surface area contributed by atoms with Gasteiger partial charge in [0.2, 0.25) is 11.8 Å². The van der Waals surface area contributed by atoms with Crippen molar-refractivity contribution in [1.82, 2.24) is 14.7 Å². The highest BCUT2D eigenvalue weighted by atomic mass is 16.5. The zero-order chi connectivity index (χ0) is 18.2. The Morgan fingerprint density at radius 2 is 2.00 bits per heavy atom.